The van der Waals surface area contributed by atoms with Gasteiger partial charge in [-0.1, -0.05) is 0 Å². The van der Waals surface area contributed by atoms with Crippen LogP contribution in [0.4, 0.5) is 5.69 Å². The molecule has 0 atom stereocenters. The molecule has 0 saturated heterocycles. The van der Waals surface area contributed by atoms with Gasteiger partial charge in [-0.25, -0.2) is 0 Å². The molecular weight excluding hydrogens is 489 g/mol. The molecule has 0 unspecified atom stereocenters. The van der Waals surface area contributed by atoms with E-state index in [1.165, 1.54) is 0 Å². The van der Waals surface area contributed by atoms with E-state index in [1.807, 2.05) is 43.3 Å². The third kappa shape index (κ3) is 8.67. The first kappa shape index (κ1) is 30.7. The van der Waals surface area contributed by atoms with Crippen LogP contribution in [0, 0.1) is 0 Å². The third-order valence-corrected chi connectivity index (χ3v) is 6.11. The highest BCUT2D eigenvalue weighted by atomic mass is 35.5. The van der Waals surface area contributed by atoms with Gasteiger partial charge in [0.2, 0.25) is 5.91 Å². The largest absolute Gasteiger partial charge is 0.493 e. The van der Waals surface area contributed by atoms with E-state index in [-0.39, 0.29) is 30.7 Å². The van der Waals surface area contributed by atoms with Crippen LogP contribution in [0.3, 0.4) is 0 Å². The molecule has 3 rings (SSSR count). The van der Waals surface area contributed by atoms with Crippen LogP contribution in [0.1, 0.15) is 17.5 Å². The molecule has 0 aliphatic carbocycles. The number of halogens is 2. The summed E-state index contributed by atoms with van der Waals surface area (Å²) in [5.41, 5.74) is 3.35. The Hall–Kier alpha value is -2.35. The maximum Gasteiger partial charge on any atom is 0.227 e. The van der Waals surface area contributed by atoms with Gasteiger partial charge in [-0.05, 0) is 74.0 Å². The quantitative estimate of drug-likeness (QED) is 0.441. The van der Waals surface area contributed by atoms with Gasteiger partial charge in [0.15, 0.2) is 11.5 Å². The molecule has 0 bridgehead atoms. The lowest BCUT2D eigenvalue weighted by Crippen LogP contribution is -2.35. The van der Waals surface area contributed by atoms with Crippen molar-refractivity contribution in [3.05, 3.63) is 47.5 Å². The van der Waals surface area contributed by atoms with Crippen LogP contribution >= 0.6 is 24.8 Å². The Bertz CT molecular complexity index is 926. The number of nitrogens with zero attached hydrogens (tertiary/aromatic N) is 3. The van der Waals surface area contributed by atoms with Crippen LogP contribution < -0.4 is 19.1 Å². The molecule has 1 aliphatic rings. The Morgan fingerprint density at radius 2 is 1.54 bits per heavy atom. The zero-order valence-electron chi connectivity index (χ0n) is 21.4. The predicted octanol–water partition coefficient (Wildman–Crippen LogP) is 3.94. The molecule has 0 fully saturated rings. The van der Waals surface area contributed by atoms with Crippen LogP contribution in [-0.4, -0.2) is 83.9 Å². The first-order chi connectivity index (χ1) is 15.9. The van der Waals surface area contributed by atoms with Crippen molar-refractivity contribution in [3.8, 4) is 17.2 Å². The fraction of sp³-hybridized carbons (Fsp3) is 0.500. The zero-order chi connectivity index (χ0) is 23.8. The second-order valence-electron chi connectivity index (χ2n) is 8.68. The first-order valence-corrected chi connectivity index (χ1v) is 11.5. The molecule has 2 aromatic rings. The summed E-state index contributed by atoms with van der Waals surface area (Å²) >= 11 is 0. The molecular formula is C26H39Cl2N3O4. The minimum absolute atomic E-state index is 0. The SMILES string of the molecule is COc1cc2c(cc1OC)CC(=O)N(CCCN(C)CCOc1ccc(N(C)C)cc1)CC2.Cl.Cl. The number of fused-ring (bicyclic) bond motifs is 1. The van der Waals surface area contributed by atoms with Gasteiger partial charge in [-0.3, -0.25) is 4.79 Å². The van der Waals surface area contributed by atoms with Gasteiger partial charge in [0, 0.05) is 39.4 Å². The summed E-state index contributed by atoms with van der Waals surface area (Å²) < 4.78 is 16.7. The number of benzene rings is 2. The molecule has 1 heterocycles. The van der Waals surface area contributed by atoms with Crippen LogP contribution in [0.5, 0.6) is 17.2 Å². The van der Waals surface area contributed by atoms with Gasteiger partial charge in [0.1, 0.15) is 12.4 Å². The molecule has 196 valence electrons. The number of hydrogen-bond acceptors (Lipinski definition) is 6. The molecule has 7 nitrogen and oxygen atoms in total. The third-order valence-electron chi connectivity index (χ3n) is 6.11. The van der Waals surface area contributed by atoms with Gasteiger partial charge in [0.25, 0.3) is 0 Å². The van der Waals surface area contributed by atoms with E-state index in [4.69, 9.17) is 14.2 Å². The maximum atomic E-state index is 12.8. The minimum Gasteiger partial charge on any atom is -0.493 e. The highest BCUT2D eigenvalue weighted by Gasteiger charge is 2.22. The predicted molar refractivity (Wildman–Crippen MR) is 146 cm³/mol. The topological polar surface area (TPSA) is 54.5 Å². The van der Waals surface area contributed by atoms with E-state index in [0.717, 1.165) is 67.3 Å². The van der Waals surface area contributed by atoms with Crippen molar-refractivity contribution >= 4 is 36.4 Å². The van der Waals surface area contributed by atoms with Crippen LogP contribution in [0.25, 0.3) is 0 Å². The van der Waals surface area contributed by atoms with Crippen molar-refractivity contribution < 1.29 is 19.0 Å². The zero-order valence-corrected chi connectivity index (χ0v) is 23.0. The van der Waals surface area contributed by atoms with Gasteiger partial charge in [-0.15, -0.1) is 24.8 Å². The summed E-state index contributed by atoms with van der Waals surface area (Å²) in [4.78, 5) is 19.1. The van der Waals surface area contributed by atoms with Crippen LogP contribution in [0.15, 0.2) is 36.4 Å². The van der Waals surface area contributed by atoms with Crippen molar-refractivity contribution in [1.82, 2.24) is 9.80 Å². The van der Waals surface area contributed by atoms with Crippen molar-refractivity contribution in [3.63, 3.8) is 0 Å². The smallest absolute Gasteiger partial charge is 0.227 e. The lowest BCUT2D eigenvalue weighted by atomic mass is 10.0. The fourth-order valence-corrected chi connectivity index (χ4v) is 4.05. The van der Waals surface area contributed by atoms with Crippen molar-refractivity contribution in [2.45, 2.75) is 19.3 Å². The summed E-state index contributed by atoms with van der Waals surface area (Å²) in [5, 5.41) is 0. The summed E-state index contributed by atoms with van der Waals surface area (Å²) in [7, 11) is 9.41. The number of likely N-dealkylation sites (N-methyl/N-ethyl adjacent to an activating group) is 1. The summed E-state index contributed by atoms with van der Waals surface area (Å²) in [5.74, 6) is 2.45. The highest BCUT2D eigenvalue weighted by molar-refractivity contribution is 5.85. The summed E-state index contributed by atoms with van der Waals surface area (Å²) in [6.45, 7) is 3.89. The number of carbonyl (C=O) groups excluding carboxylic acids is 1. The number of amides is 1. The first-order valence-electron chi connectivity index (χ1n) is 11.5. The molecule has 0 spiro atoms. The average Bonchev–Trinajstić information content (AvgIpc) is 2.96. The highest BCUT2D eigenvalue weighted by Crippen LogP contribution is 2.32. The lowest BCUT2D eigenvalue weighted by molar-refractivity contribution is -0.130. The molecule has 0 N–H and O–H groups in total. The van der Waals surface area contributed by atoms with Gasteiger partial charge < -0.3 is 28.9 Å². The van der Waals surface area contributed by atoms with Crippen LogP contribution in [-0.2, 0) is 17.6 Å². The Kier molecular flexibility index (Phi) is 13.1. The maximum absolute atomic E-state index is 12.8. The molecule has 0 aromatic heterocycles. The number of methoxy groups -OCH3 is 2. The Morgan fingerprint density at radius 3 is 2.14 bits per heavy atom. The summed E-state index contributed by atoms with van der Waals surface area (Å²) in [6, 6.07) is 12.1. The fourth-order valence-electron chi connectivity index (χ4n) is 4.05. The second kappa shape index (κ2) is 14.9. The average molecular weight is 529 g/mol. The second-order valence-corrected chi connectivity index (χ2v) is 8.68. The van der Waals surface area contributed by atoms with Gasteiger partial charge in [-0.2, -0.15) is 0 Å². The van der Waals surface area contributed by atoms with E-state index in [0.29, 0.717) is 18.8 Å². The molecule has 9 heteroatoms. The minimum atomic E-state index is 0. The molecule has 1 amide bonds. The number of anilines is 1. The molecule has 1 aliphatic heterocycles. The van der Waals surface area contributed by atoms with E-state index in [9.17, 15) is 4.79 Å². The number of rotatable bonds is 11. The van der Waals surface area contributed by atoms with E-state index >= 15 is 0 Å². The van der Waals surface area contributed by atoms with Crippen molar-refractivity contribution in [2.24, 2.45) is 0 Å². The molecule has 35 heavy (non-hydrogen) atoms. The number of hydrogen-bond donors (Lipinski definition) is 0. The molecule has 0 radical (unpaired) electrons. The lowest BCUT2D eigenvalue weighted by Gasteiger charge is -2.23. The molecule has 0 saturated carbocycles. The Morgan fingerprint density at radius 1 is 0.914 bits per heavy atom. The van der Waals surface area contributed by atoms with Gasteiger partial charge >= 0.3 is 0 Å². The van der Waals surface area contributed by atoms with Crippen LogP contribution in [0.2, 0.25) is 0 Å². The molecule has 2 aromatic carbocycles. The van der Waals surface area contributed by atoms with Crippen molar-refractivity contribution in [1.29, 1.82) is 0 Å². The summed E-state index contributed by atoms with van der Waals surface area (Å²) in [6.07, 6.45) is 2.17. The number of ether oxygens (including phenoxy) is 3. The van der Waals surface area contributed by atoms with E-state index in [2.05, 4.69) is 29.0 Å². The monoisotopic (exact) mass is 527 g/mol. The van der Waals surface area contributed by atoms with Crippen molar-refractivity contribution in [2.75, 3.05) is 73.0 Å². The Balaban J connectivity index is 0.00000306. The van der Waals surface area contributed by atoms with E-state index < -0.39 is 0 Å². The van der Waals surface area contributed by atoms with E-state index in [1.54, 1.807) is 14.2 Å². The normalized spacial score (nSPS) is 12.7. The number of carbonyl (C=O) groups is 1. The van der Waals surface area contributed by atoms with Gasteiger partial charge in [0.05, 0.1) is 20.6 Å². The standard InChI is InChI=1S/C26H37N3O4.2ClH/c1-27(2)22-7-9-23(10-8-22)33-16-15-28(3)12-6-13-29-14-11-20-17-24(31-4)25(32-5)18-21(20)19-26(29)30;;/h7-10,17-18H,6,11-16,19H2,1-5H3;2*1H. The Labute approximate surface area is 222 Å².